The minimum Gasteiger partial charge on any atom is -0.484 e. The number of nitrogens with zero attached hydrogens (tertiary/aromatic N) is 2. The van der Waals surface area contributed by atoms with Crippen molar-refractivity contribution in [3.63, 3.8) is 0 Å². The minimum atomic E-state index is -0.308. The molecule has 0 aliphatic rings. The Balaban J connectivity index is 1.78. The van der Waals surface area contributed by atoms with Gasteiger partial charge in [0, 0.05) is 0 Å². The van der Waals surface area contributed by atoms with E-state index in [4.69, 9.17) is 13.9 Å². The first kappa shape index (κ1) is 17.3. The summed E-state index contributed by atoms with van der Waals surface area (Å²) in [6.07, 6.45) is 0.859. The summed E-state index contributed by atoms with van der Waals surface area (Å²) in [5.74, 6) is 0.940. The van der Waals surface area contributed by atoms with Crippen LogP contribution in [-0.4, -0.2) is 28.0 Å². The van der Waals surface area contributed by atoms with E-state index >= 15 is 0 Å². The Kier molecular flexibility index (Phi) is 6.46. The maximum absolute atomic E-state index is 11.4. The number of aryl methyl sites for hydroxylation is 1. The maximum Gasteiger partial charge on any atom is 0.316 e. The molecule has 2 rings (SSSR count). The van der Waals surface area contributed by atoms with Gasteiger partial charge in [-0.1, -0.05) is 30.8 Å². The SMILES string of the molecule is CCc1ccc(OCc2nnc(SCC(=O)OC(C)C)o2)cc1. The van der Waals surface area contributed by atoms with Gasteiger partial charge < -0.3 is 13.9 Å². The highest BCUT2D eigenvalue weighted by Crippen LogP contribution is 2.18. The van der Waals surface area contributed by atoms with E-state index in [1.54, 1.807) is 13.8 Å². The number of carbonyl (C=O) groups excluding carboxylic acids is 1. The molecule has 1 aromatic heterocycles. The molecule has 0 unspecified atom stereocenters. The zero-order chi connectivity index (χ0) is 16.7. The van der Waals surface area contributed by atoms with E-state index in [9.17, 15) is 4.79 Å². The lowest BCUT2D eigenvalue weighted by molar-refractivity contribution is -0.144. The van der Waals surface area contributed by atoms with Crippen molar-refractivity contribution in [2.75, 3.05) is 5.75 Å². The fraction of sp³-hybridized carbons (Fsp3) is 0.438. The van der Waals surface area contributed by atoms with Crippen molar-refractivity contribution >= 4 is 17.7 Å². The largest absolute Gasteiger partial charge is 0.484 e. The van der Waals surface area contributed by atoms with E-state index in [0.717, 1.165) is 23.9 Å². The highest BCUT2D eigenvalue weighted by molar-refractivity contribution is 7.99. The van der Waals surface area contributed by atoms with E-state index < -0.39 is 0 Å². The van der Waals surface area contributed by atoms with Gasteiger partial charge in [-0.25, -0.2) is 0 Å². The number of carbonyl (C=O) groups is 1. The second-order valence-corrected chi connectivity index (χ2v) is 6.00. The number of benzene rings is 1. The molecule has 0 radical (unpaired) electrons. The summed E-state index contributed by atoms with van der Waals surface area (Å²) in [6, 6.07) is 7.86. The molecular formula is C16H20N2O4S. The lowest BCUT2D eigenvalue weighted by Crippen LogP contribution is -2.13. The monoisotopic (exact) mass is 336 g/mol. The van der Waals surface area contributed by atoms with Crippen molar-refractivity contribution in [2.24, 2.45) is 0 Å². The summed E-state index contributed by atoms with van der Waals surface area (Å²) < 4.78 is 16.0. The lowest BCUT2D eigenvalue weighted by Gasteiger charge is -2.05. The Bertz CT molecular complexity index is 625. The third-order valence-electron chi connectivity index (χ3n) is 2.82. The number of ether oxygens (including phenoxy) is 2. The van der Waals surface area contributed by atoms with Crippen LogP contribution in [0.1, 0.15) is 32.2 Å². The van der Waals surface area contributed by atoms with Gasteiger partial charge in [-0.05, 0) is 38.0 Å². The molecule has 0 atom stereocenters. The Morgan fingerprint density at radius 1 is 1.26 bits per heavy atom. The molecular weight excluding hydrogens is 316 g/mol. The van der Waals surface area contributed by atoms with Crippen LogP contribution in [0.4, 0.5) is 0 Å². The predicted octanol–water partition coefficient (Wildman–Crippen LogP) is 3.25. The molecule has 1 heterocycles. The second-order valence-electron chi connectivity index (χ2n) is 5.08. The zero-order valence-corrected chi connectivity index (χ0v) is 14.3. The van der Waals surface area contributed by atoms with Gasteiger partial charge in [0.25, 0.3) is 11.1 Å². The smallest absolute Gasteiger partial charge is 0.316 e. The summed E-state index contributed by atoms with van der Waals surface area (Å²) in [7, 11) is 0. The number of hydrogen-bond acceptors (Lipinski definition) is 7. The van der Waals surface area contributed by atoms with Crippen LogP contribution < -0.4 is 4.74 Å². The molecule has 6 nitrogen and oxygen atoms in total. The topological polar surface area (TPSA) is 74.5 Å². The third kappa shape index (κ3) is 5.94. The van der Waals surface area contributed by atoms with E-state index in [-0.39, 0.29) is 24.4 Å². The van der Waals surface area contributed by atoms with Crippen LogP contribution in [0.2, 0.25) is 0 Å². The Hall–Kier alpha value is -2.02. The van der Waals surface area contributed by atoms with E-state index in [2.05, 4.69) is 17.1 Å². The van der Waals surface area contributed by atoms with Crippen LogP contribution in [-0.2, 0) is 22.6 Å². The van der Waals surface area contributed by atoms with Gasteiger partial charge in [0.2, 0.25) is 0 Å². The molecule has 124 valence electrons. The predicted molar refractivity (Wildman–Crippen MR) is 86.4 cm³/mol. The van der Waals surface area contributed by atoms with Crippen molar-refractivity contribution in [1.82, 2.24) is 10.2 Å². The Labute approximate surface area is 139 Å². The van der Waals surface area contributed by atoms with Crippen molar-refractivity contribution in [2.45, 2.75) is 45.1 Å². The first-order valence-corrected chi connectivity index (χ1v) is 8.41. The molecule has 0 fully saturated rings. The summed E-state index contributed by atoms with van der Waals surface area (Å²) in [4.78, 5) is 11.4. The quantitative estimate of drug-likeness (QED) is 0.541. The Morgan fingerprint density at radius 2 is 2.00 bits per heavy atom. The molecule has 0 aliphatic heterocycles. The lowest BCUT2D eigenvalue weighted by atomic mass is 10.2. The average Bonchev–Trinajstić information content (AvgIpc) is 2.99. The van der Waals surface area contributed by atoms with Crippen molar-refractivity contribution in [3.05, 3.63) is 35.7 Å². The molecule has 0 saturated carbocycles. The van der Waals surface area contributed by atoms with E-state index in [0.29, 0.717) is 11.1 Å². The van der Waals surface area contributed by atoms with Gasteiger partial charge >= 0.3 is 5.97 Å². The Morgan fingerprint density at radius 3 is 2.65 bits per heavy atom. The molecule has 0 amide bonds. The highest BCUT2D eigenvalue weighted by atomic mass is 32.2. The molecule has 0 aliphatic carbocycles. The van der Waals surface area contributed by atoms with Gasteiger partial charge in [0.1, 0.15) is 11.5 Å². The zero-order valence-electron chi connectivity index (χ0n) is 13.4. The third-order valence-corrected chi connectivity index (χ3v) is 3.61. The summed E-state index contributed by atoms with van der Waals surface area (Å²) in [5, 5.41) is 8.08. The van der Waals surface area contributed by atoms with Gasteiger partial charge in [0.05, 0.1) is 6.10 Å². The second kappa shape index (κ2) is 8.57. The molecule has 0 saturated heterocycles. The van der Waals surface area contributed by atoms with Crippen molar-refractivity contribution in [3.8, 4) is 5.75 Å². The van der Waals surface area contributed by atoms with Crippen molar-refractivity contribution < 1.29 is 18.7 Å². The number of hydrogen-bond donors (Lipinski definition) is 0. The molecule has 0 N–H and O–H groups in total. The van der Waals surface area contributed by atoms with Gasteiger partial charge in [-0.15, -0.1) is 10.2 Å². The van der Waals surface area contributed by atoms with Crippen LogP contribution in [0.3, 0.4) is 0 Å². The first-order valence-electron chi connectivity index (χ1n) is 7.43. The molecule has 0 spiro atoms. The van der Waals surface area contributed by atoms with Gasteiger partial charge in [-0.3, -0.25) is 4.79 Å². The molecule has 2 aromatic rings. The molecule has 0 bridgehead atoms. The van der Waals surface area contributed by atoms with Crippen molar-refractivity contribution in [1.29, 1.82) is 0 Å². The average molecular weight is 336 g/mol. The van der Waals surface area contributed by atoms with Crippen LogP contribution in [0.25, 0.3) is 0 Å². The highest BCUT2D eigenvalue weighted by Gasteiger charge is 2.12. The number of aromatic nitrogens is 2. The fourth-order valence-electron chi connectivity index (χ4n) is 1.74. The van der Waals surface area contributed by atoms with Crippen LogP contribution in [0, 0.1) is 0 Å². The summed E-state index contributed by atoms with van der Waals surface area (Å²) in [6.45, 7) is 5.90. The van der Waals surface area contributed by atoms with Crippen LogP contribution >= 0.6 is 11.8 Å². The summed E-state index contributed by atoms with van der Waals surface area (Å²) >= 11 is 1.15. The van der Waals surface area contributed by atoms with Gasteiger partial charge in [0.15, 0.2) is 6.61 Å². The van der Waals surface area contributed by atoms with E-state index in [1.165, 1.54) is 5.56 Å². The number of esters is 1. The normalized spacial score (nSPS) is 10.8. The summed E-state index contributed by atoms with van der Waals surface area (Å²) in [5.41, 5.74) is 1.25. The standard InChI is InChI=1S/C16H20N2O4S/c1-4-12-5-7-13(8-6-12)20-9-14-17-18-16(22-14)23-10-15(19)21-11(2)3/h5-8,11H,4,9-10H2,1-3H3. The number of thioether (sulfide) groups is 1. The van der Waals surface area contributed by atoms with Gasteiger partial charge in [-0.2, -0.15) is 0 Å². The molecule has 23 heavy (non-hydrogen) atoms. The fourth-order valence-corrected chi connectivity index (χ4v) is 2.30. The molecule has 7 heteroatoms. The first-order chi connectivity index (χ1) is 11.1. The maximum atomic E-state index is 11.4. The van der Waals surface area contributed by atoms with Crippen LogP contribution in [0.5, 0.6) is 5.75 Å². The number of rotatable bonds is 8. The van der Waals surface area contributed by atoms with Crippen LogP contribution in [0.15, 0.2) is 33.9 Å². The minimum absolute atomic E-state index is 0.131. The molecule has 1 aromatic carbocycles. The van der Waals surface area contributed by atoms with E-state index in [1.807, 2.05) is 24.3 Å².